The molecule has 0 saturated carbocycles. The van der Waals surface area contributed by atoms with Gasteiger partial charge in [-0.25, -0.2) is 0 Å². The standard InChI is InChI=1S/C17H23Cl2NO4/c1-4-9-20(10-8-16(21)23-5-2)17(22)12(3)24-15-7-6-13(18)11-14(15)19/h6-7,11-12H,4-5,8-10H2,1-3H3. The third-order valence-electron chi connectivity index (χ3n) is 3.24. The summed E-state index contributed by atoms with van der Waals surface area (Å²) >= 11 is 11.9. The lowest BCUT2D eigenvalue weighted by Gasteiger charge is -2.25. The summed E-state index contributed by atoms with van der Waals surface area (Å²) in [6.45, 7) is 6.54. The summed E-state index contributed by atoms with van der Waals surface area (Å²) in [6.07, 6.45) is 0.217. The van der Waals surface area contributed by atoms with Gasteiger partial charge in [0, 0.05) is 18.1 Å². The molecule has 1 unspecified atom stereocenters. The minimum Gasteiger partial charge on any atom is -0.479 e. The van der Waals surface area contributed by atoms with Gasteiger partial charge in [0.25, 0.3) is 5.91 Å². The van der Waals surface area contributed by atoms with Gasteiger partial charge >= 0.3 is 5.97 Å². The molecule has 1 aromatic carbocycles. The maximum absolute atomic E-state index is 12.6. The summed E-state index contributed by atoms with van der Waals surface area (Å²) in [5, 5.41) is 0.837. The van der Waals surface area contributed by atoms with Gasteiger partial charge in [-0.15, -0.1) is 0 Å². The number of benzene rings is 1. The topological polar surface area (TPSA) is 55.8 Å². The van der Waals surface area contributed by atoms with Gasteiger partial charge in [0.05, 0.1) is 18.1 Å². The van der Waals surface area contributed by atoms with Crippen LogP contribution in [0.15, 0.2) is 18.2 Å². The van der Waals surface area contributed by atoms with E-state index in [-0.39, 0.29) is 18.3 Å². The van der Waals surface area contributed by atoms with E-state index in [2.05, 4.69) is 0 Å². The molecular weight excluding hydrogens is 353 g/mol. The first-order valence-corrected chi connectivity index (χ1v) is 8.70. The number of rotatable bonds is 9. The zero-order valence-electron chi connectivity index (χ0n) is 14.2. The van der Waals surface area contributed by atoms with Gasteiger partial charge in [-0.3, -0.25) is 9.59 Å². The van der Waals surface area contributed by atoms with E-state index in [1.54, 1.807) is 36.9 Å². The Morgan fingerprint density at radius 3 is 2.50 bits per heavy atom. The van der Waals surface area contributed by atoms with Crippen LogP contribution in [-0.2, 0) is 14.3 Å². The minimum atomic E-state index is -0.725. The summed E-state index contributed by atoms with van der Waals surface area (Å²) < 4.78 is 10.5. The molecule has 1 atom stereocenters. The molecule has 0 aliphatic heterocycles. The molecule has 0 aromatic heterocycles. The van der Waals surface area contributed by atoms with Crippen molar-refractivity contribution >= 4 is 35.1 Å². The molecule has 134 valence electrons. The average molecular weight is 376 g/mol. The first-order valence-electron chi connectivity index (χ1n) is 7.95. The van der Waals surface area contributed by atoms with Crippen molar-refractivity contribution in [1.82, 2.24) is 4.90 Å². The fraction of sp³-hybridized carbons (Fsp3) is 0.529. The Morgan fingerprint density at radius 1 is 1.21 bits per heavy atom. The van der Waals surface area contributed by atoms with Gasteiger partial charge in [0.2, 0.25) is 0 Å². The van der Waals surface area contributed by atoms with E-state index < -0.39 is 6.10 Å². The Morgan fingerprint density at radius 2 is 1.92 bits per heavy atom. The summed E-state index contributed by atoms with van der Waals surface area (Å²) in [4.78, 5) is 25.7. The molecule has 0 radical (unpaired) electrons. The maximum Gasteiger partial charge on any atom is 0.307 e. The Hall–Kier alpha value is -1.46. The SMILES string of the molecule is CCCN(CCC(=O)OCC)C(=O)C(C)Oc1ccc(Cl)cc1Cl. The largest absolute Gasteiger partial charge is 0.479 e. The van der Waals surface area contributed by atoms with E-state index in [0.717, 1.165) is 6.42 Å². The van der Waals surface area contributed by atoms with Crippen molar-refractivity contribution in [3.8, 4) is 5.75 Å². The molecule has 5 nitrogen and oxygen atoms in total. The van der Waals surface area contributed by atoms with Crippen LogP contribution < -0.4 is 4.74 Å². The number of carbonyl (C=O) groups excluding carboxylic acids is 2. The smallest absolute Gasteiger partial charge is 0.307 e. The fourth-order valence-electron chi connectivity index (χ4n) is 2.13. The van der Waals surface area contributed by atoms with Crippen molar-refractivity contribution in [2.45, 2.75) is 39.7 Å². The summed E-state index contributed by atoms with van der Waals surface area (Å²) in [6, 6.07) is 4.82. The molecule has 0 aliphatic carbocycles. The lowest BCUT2D eigenvalue weighted by atomic mass is 10.2. The van der Waals surface area contributed by atoms with Crippen LogP contribution in [0.5, 0.6) is 5.75 Å². The number of carbonyl (C=O) groups is 2. The van der Waals surface area contributed by atoms with Crippen molar-refractivity contribution < 1.29 is 19.1 Å². The quantitative estimate of drug-likeness (QED) is 0.613. The van der Waals surface area contributed by atoms with Crippen molar-refractivity contribution in [2.75, 3.05) is 19.7 Å². The summed E-state index contributed by atoms with van der Waals surface area (Å²) in [5.41, 5.74) is 0. The predicted molar refractivity (Wildman–Crippen MR) is 94.7 cm³/mol. The summed E-state index contributed by atoms with van der Waals surface area (Å²) in [7, 11) is 0. The van der Waals surface area contributed by atoms with E-state index in [1.165, 1.54) is 0 Å². The molecule has 1 amide bonds. The lowest BCUT2D eigenvalue weighted by molar-refractivity contribution is -0.145. The Kier molecular flexibility index (Phi) is 8.93. The summed E-state index contributed by atoms with van der Waals surface area (Å²) in [5.74, 6) is -0.128. The van der Waals surface area contributed by atoms with Gasteiger partial charge < -0.3 is 14.4 Å². The Balaban J connectivity index is 2.69. The monoisotopic (exact) mass is 375 g/mol. The van der Waals surface area contributed by atoms with Crippen LogP contribution in [0.4, 0.5) is 0 Å². The van der Waals surface area contributed by atoms with Crippen molar-refractivity contribution in [3.05, 3.63) is 28.2 Å². The predicted octanol–water partition coefficient (Wildman–Crippen LogP) is 3.95. The van der Waals surface area contributed by atoms with Crippen LogP contribution >= 0.6 is 23.2 Å². The van der Waals surface area contributed by atoms with Crippen LogP contribution in [0.3, 0.4) is 0 Å². The molecule has 7 heteroatoms. The molecule has 1 aromatic rings. The zero-order chi connectivity index (χ0) is 18.1. The zero-order valence-corrected chi connectivity index (χ0v) is 15.7. The molecule has 0 spiro atoms. The highest BCUT2D eigenvalue weighted by molar-refractivity contribution is 6.35. The van der Waals surface area contributed by atoms with Crippen molar-refractivity contribution in [3.63, 3.8) is 0 Å². The molecule has 0 N–H and O–H groups in total. The van der Waals surface area contributed by atoms with Gasteiger partial charge in [0.1, 0.15) is 5.75 Å². The van der Waals surface area contributed by atoms with E-state index >= 15 is 0 Å². The first-order chi connectivity index (χ1) is 11.4. The highest BCUT2D eigenvalue weighted by Gasteiger charge is 2.23. The highest BCUT2D eigenvalue weighted by Crippen LogP contribution is 2.28. The highest BCUT2D eigenvalue weighted by atomic mass is 35.5. The number of amides is 1. The molecule has 24 heavy (non-hydrogen) atoms. The molecule has 0 heterocycles. The second-order valence-corrected chi connectivity index (χ2v) is 6.06. The van der Waals surface area contributed by atoms with Crippen LogP contribution in [-0.4, -0.2) is 42.6 Å². The second kappa shape index (κ2) is 10.4. The van der Waals surface area contributed by atoms with Gasteiger partial charge in [-0.05, 0) is 38.5 Å². The number of halogens is 2. The van der Waals surface area contributed by atoms with E-state index in [1.807, 2.05) is 6.92 Å². The average Bonchev–Trinajstić information content (AvgIpc) is 2.53. The van der Waals surface area contributed by atoms with Crippen LogP contribution in [0.2, 0.25) is 10.0 Å². The molecular formula is C17H23Cl2NO4. The van der Waals surface area contributed by atoms with Crippen molar-refractivity contribution in [1.29, 1.82) is 0 Å². The molecule has 0 fully saturated rings. The van der Waals surface area contributed by atoms with E-state index in [9.17, 15) is 9.59 Å². The van der Waals surface area contributed by atoms with E-state index in [0.29, 0.717) is 35.5 Å². The number of esters is 1. The minimum absolute atomic E-state index is 0.161. The second-order valence-electron chi connectivity index (χ2n) is 5.22. The third-order valence-corrected chi connectivity index (χ3v) is 3.77. The van der Waals surface area contributed by atoms with Gasteiger partial charge in [-0.1, -0.05) is 30.1 Å². The molecule has 0 aliphatic rings. The lowest BCUT2D eigenvalue weighted by Crippen LogP contribution is -2.42. The maximum atomic E-state index is 12.6. The van der Waals surface area contributed by atoms with Crippen LogP contribution in [0, 0.1) is 0 Å². The normalized spacial score (nSPS) is 11.7. The number of hydrogen-bond donors (Lipinski definition) is 0. The Labute approximate surface area is 152 Å². The number of ether oxygens (including phenoxy) is 2. The van der Waals surface area contributed by atoms with Gasteiger partial charge in [-0.2, -0.15) is 0 Å². The van der Waals surface area contributed by atoms with Crippen LogP contribution in [0.1, 0.15) is 33.6 Å². The number of nitrogens with zero attached hydrogens (tertiary/aromatic N) is 1. The van der Waals surface area contributed by atoms with Gasteiger partial charge in [0.15, 0.2) is 6.10 Å². The number of hydrogen-bond acceptors (Lipinski definition) is 4. The van der Waals surface area contributed by atoms with Crippen LogP contribution in [0.25, 0.3) is 0 Å². The first kappa shape index (κ1) is 20.6. The van der Waals surface area contributed by atoms with Crippen molar-refractivity contribution in [2.24, 2.45) is 0 Å². The fourth-order valence-corrected chi connectivity index (χ4v) is 2.58. The molecule has 0 saturated heterocycles. The van der Waals surface area contributed by atoms with E-state index in [4.69, 9.17) is 32.7 Å². The molecule has 1 rings (SSSR count). The third kappa shape index (κ3) is 6.57. The molecule has 0 bridgehead atoms. The Bertz CT molecular complexity index is 566.